The first-order valence-corrected chi connectivity index (χ1v) is 10.6. The topological polar surface area (TPSA) is 44.9 Å². The van der Waals surface area contributed by atoms with Gasteiger partial charge in [-0.15, -0.1) is 0 Å². The largest absolute Gasteiger partial charge is 0.352 e. The van der Waals surface area contributed by atoms with E-state index in [2.05, 4.69) is 9.71 Å². The van der Waals surface area contributed by atoms with E-state index in [0.29, 0.717) is 16.6 Å². The third-order valence-corrected chi connectivity index (χ3v) is 5.83. The monoisotopic (exact) mass is 408 g/mol. The molecule has 3 aromatic rings. The van der Waals surface area contributed by atoms with Gasteiger partial charge in [0.2, 0.25) is 0 Å². The summed E-state index contributed by atoms with van der Waals surface area (Å²) < 4.78 is 53.2. The molecule has 0 amide bonds. The Hall–Kier alpha value is -2.12. The number of benzene rings is 2. The van der Waals surface area contributed by atoms with E-state index in [1.165, 1.54) is 37.5 Å². The van der Waals surface area contributed by atoms with Crippen LogP contribution in [0.1, 0.15) is 26.2 Å². The first-order chi connectivity index (χ1) is 13.5. The molecule has 1 aromatic heterocycles. The van der Waals surface area contributed by atoms with E-state index in [9.17, 15) is 17.4 Å². The van der Waals surface area contributed by atoms with Crippen LogP contribution in [0.4, 0.5) is 13.2 Å². The van der Waals surface area contributed by atoms with Crippen LogP contribution in [0, 0.1) is 23.4 Å². The fourth-order valence-electron chi connectivity index (χ4n) is 2.96. The molecule has 150 valence electrons. The number of hydrogen-bond acceptors (Lipinski definition) is 1. The molecule has 1 aliphatic carbocycles. The van der Waals surface area contributed by atoms with Gasteiger partial charge >= 0.3 is 0 Å². The lowest BCUT2D eigenvalue weighted by Gasteiger charge is -2.24. The van der Waals surface area contributed by atoms with E-state index in [1.54, 1.807) is 18.2 Å². The zero-order valence-electron chi connectivity index (χ0n) is 15.6. The zero-order chi connectivity index (χ0) is 20.1. The van der Waals surface area contributed by atoms with Crippen molar-refractivity contribution in [2.75, 3.05) is 12.3 Å². The predicted octanol–water partition coefficient (Wildman–Crippen LogP) is 5.31. The van der Waals surface area contributed by atoms with Gasteiger partial charge in [0.1, 0.15) is 17.5 Å². The summed E-state index contributed by atoms with van der Waals surface area (Å²) in [5, 5.41) is 0.451. The van der Waals surface area contributed by atoms with Gasteiger partial charge in [-0.05, 0) is 60.7 Å². The van der Waals surface area contributed by atoms with Crippen LogP contribution in [-0.4, -0.2) is 21.5 Å². The highest BCUT2D eigenvalue weighted by Crippen LogP contribution is 2.27. The Bertz CT molecular complexity index is 952. The Morgan fingerprint density at radius 1 is 1.07 bits per heavy atom. The molecular formula is C21H23F3N2OS. The molecule has 0 radical (unpaired) electrons. The molecule has 28 heavy (non-hydrogen) atoms. The summed E-state index contributed by atoms with van der Waals surface area (Å²) in [7, 11) is -0.765. The van der Waals surface area contributed by atoms with Crippen LogP contribution in [0.2, 0.25) is 0 Å². The van der Waals surface area contributed by atoms with Crippen molar-refractivity contribution in [2.45, 2.75) is 26.2 Å². The van der Waals surface area contributed by atoms with Crippen molar-refractivity contribution in [3.8, 4) is 11.3 Å². The molecule has 4 rings (SSSR count). The molecule has 1 unspecified atom stereocenters. The Labute approximate surface area is 164 Å². The molecule has 1 aliphatic rings. The molecule has 0 saturated heterocycles. The number of halogens is 3. The molecule has 2 N–H and O–H groups in total. The summed E-state index contributed by atoms with van der Waals surface area (Å²) in [6.07, 6.45) is 4.02. The van der Waals surface area contributed by atoms with E-state index in [4.69, 9.17) is 0 Å². The van der Waals surface area contributed by atoms with Crippen molar-refractivity contribution in [1.82, 2.24) is 9.71 Å². The molecule has 2 aromatic carbocycles. The van der Waals surface area contributed by atoms with E-state index >= 15 is 0 Å². The third-order valence-electron chi connectivity index (χ3n) is 4.82. The van der Waals surface area contributed by atoms with Gasteiger partial charge < -0.3 is 4.98 Å². The summed E-state index contributed by atoms with van der Waals surface area (Å²) in [5.41, 5.74) is 1.58. The molecular weight excluding hydrogens is 385 g/mol. The Morgan fingerprint density at radius 3 is 2.39 bits per heavy atom. The average Bonchev–Trinajstić information content (AvgIpc) is 3.05. The second-order valence-corrected chi connectivity index (χ2v) is 8.38. The van der Waals surface area contributed by atoms with E-state index in [1.807, 2.05) is 6.92 Å². The maximum atomic E-state index is 13.5. The van der Waals surface area contributed by atoms with E-state index < -0.39 is 22.6 Å². The van der Waals surface area contributed by atoms with Crippen molar-refractivity contribution in [1.29, 1.82) is 0 Å². The van der Waals surface area contributed by atoms with Gasteiger partial charge in [-0.2, -0.15) is 0 Å². The first kappa shape index (κ1) is 20.6. The lowest BCUT2D eigenvalue weighted by Crippen LogP contribution is -2.29. The number of H-pyrrole nitrogens is 1. The Kier molecular flexibility index (Phi) is 6.91. The lowest BCUT2D eigenvalue weighted by atomic mass is 9.86. The van der Waals surface area contributed by atoms with Crippen LogP contribution in [0.5, 0.6) is 0 Å². The molecule has 7 heteroatoms. The Morgan fingerprint density at radius 2 is 1.79 bits per heavy atom. The van der Waals surface area contributed by atoms with Crippen LogP contribution in [0.25, 0.3) is 22.2 Å². The van der Waals surface area contributed by atoms with Crippen molar-refractivity contribution < 1.29 is 17.4 Å². The highest BCUT2D eigenvalue weighted by molar-refractivity contribution is 7.82. The summed E-state index contributed by atoms with van der Waals surface area (Å²) in [5.74, 6) is -0.0576. The maximum Gasteiger partial charge on any atom is 0.150 e. The lowest BCUT2D eigenvalue weighted by molar-refractivity contribution is 0.318. The maximum absolute atomic E-state index is 13.5. The number of aromatic amines is 1. The number of rotatable bonds is 5. The van der Waals surface area contributed by atoms with Gasteiger partial charge in [-0.25, -0.2) is 22.1 Å². The molecule has 0 bridgehead atoms. The number of nitrogens with one attached hydrogen (secondary N) is 2. The molecule has 1 heterocycles. The van der Waals surface area contributed by atoms with Crippen LogP contribution in [0.3, 0.4) is 0 Å². The van der Waals surface area contributed by atoms with Gasteiger partial charge in [0, 0.05) is 29.4 Å². The normalized spacial score (nSPS) is 15.0. The highest BCUT2D eigenvalue weighted by atomic mass is 32.2. The molecule has 1 atom stereocenters. The third kappa shape index (κ3) is 5.23. The molecule has 1 saturated carbocycles. The second-order valence-electron chi connectivity index (χ2n) is 6.82. The van der Waals surface area contributed by atoms with E-state index in [-0.39, 0.29) is 11.3 Å². The minimum absolute atomic E-state index is 0.246. The highest BCUT2D eigenvalue weighted by Gasteiger charge is 2.17. The molecule has 0 aliphatic heterocycles. The van der Waals surface area contributed by atoms with Crippen molar-refractivity contribution in [3.05, 3.63) is 59.9 Å². The first-order valence-electron chi connectivity index (χ1n) is 9.32. The van der Waals surface area contributed by atoms with Gasteiger partial charge in [0.05, 0.1) is 16.5 Å². The van der Waals surface area contributed by atoms with Gasteiger partial charge in [0.25, 0.3) is 0 Å². The van der Waals surface area contributed by atoms with Crippen LogP contribution in [-0.2, 0) is 11.0 Å². The summed E-state index contributed by atoms with van der Waals surface area (Å²) in [4.78, 5) is 2.86. The quantitative estimate of drug-likeness (QED) is 0.590. The standard InChI is InChI=1S/C14H8F3N.C7H15NOS/c15-10-3-1-8(2-4-10)13-6-9-5-11(16)7-12(17)14(9)18-13;1-2-10(9)8-6-7-4-3-5-7/h1-7,18H;7-8H,2-6H2,1H3. The summed E-state index contributed by atoms with van der Waals surface area (Å²) >= 11 is 0. The van der Waals surface area contributed by atoms with Gasteiger partial charge in [0.15, 0.2) is 0 Å². The van der Waals surface area contributed by atoms with Crippen molar-refractivity contribution in [3.63, 3.8) is 0 Å². The fraction of sp³-hybridized carbons (Fsp3) is 0.333. The van der Waals surface area contributed by atoms with Crippen molar-refractivity contribution in [2.24, 2.45) is 5.92 Å². The molecule has 0 spiro atoms. The summed E-state index contributed by atoms with van der Waals surface area (Å²) in [6, 6.07) is 9.50. The number of hydrogen-bond donors (Lipinski definition) is 2. The van der Waals surface area contributed by atoms with Crippen LogP contribution in [0.15, 0.2) is 42.5 Å². The fourth-order valence-corrected chi connectivity index (χ4v) is 3.59. The second kappa shape index (κ2) is 9.39. The van der Waals surface area contributed by atoms with Crippen molar-refractivity contribution >= 4 is 21.9 Å². The smallest absolute Gasteiger partial charge is 0.150 e. The number of aromatic nitrogens is 1. The molecule has 1 fully saturated rings. The van der Waals surface area contributed by atoms with Crippen LogP contribution < -0.4 is 4.72 Å². The average molecular weight is 408 g/mol. The minimum Gasteiger partial charge on any atom is -0.352 e. The van der Waals surface area contributed by atoms with Crippen LogP contribution >= 0.6 is 0 Å². The predicted molar refractivity (Wildman–Crippen MR) is 108 cm³/mol. The SMILES string of the molecule is CCS(=O)NCC1CCC1.Fc1ccc(-c2cc3cc(F)cc(F)c3[nH]2)cc1. The Balaban J connectivity index is 0.000000192. The zero-order valence-corrected chi connectivity index (χ0v) is 16.4. The molecule has 3 nitrogen and oxygen atoms in total. The number of fused-ring (bicyclic) bond motifs is 1. The minimum atomic E-state index is -0.765. The van der Waals surface area contributed by atoms with E-state index in [0.717, 1.165) is 24.3 Å². The van der Waals surface area contributed by atoms with Gasteiger partial charge in [-0.3, -0.25) is 0 Å². The summed E-state index contributed by atoms with van der Waals surface area (Å²) in [6.45, 7) is 2.89. The van der Waals surface area contributed by atoms with Gasteiger partial charge in [-0.1, -0.05) is 13.3 Å².